The van der Waals surface area contributed by atoms with Gasteiger partial charge in [-0.1, -0.05) is 52.8 Å². The Morgan fingerprint density at radius 3 is 2.63 bits per heavy atom. The van der Waals surface area contributed by atoms with Crippen LogP contribution in [0.1, 0.15) is 34.5 Å². The Bertz CT molecular complexity index is 1030. The van der Waals surface area contributed by atoms with Gasteiger partial charge in [-0.05, 0) is 23.3 Å². The number of likely N-dealkylation sites (tertiary alicyclic amines) is 1. The predicted octanol–water partition coefficient (Wildman–Crippen LogP) is 2.86. The van der Waals surface area contributed by atoms with Crippen LogP contribution in [0.25, 0.3) is 11.1 Å². The van der Waals surface area contributed by atoms with Gasteiger partial charge in [-0.25, -0.2) is 0 Å². The fraction of sp³-hybridized carbons (Fsp3) is 0.273. The first-order chi connectivity index (χ1) is 14.7. The van der Waals surface area contributed by atoms with Gasteiger partial charge in [0.05, 0.1) is 18.9 Å². The highest BCUT2D eigenvalue weighted by Gasteiger charge is 2.38. The highest BCUT2D eigenvalue weighted by molar-refractivity contribution is 6.00. The van der Waals surface area contributed by atoms with Crippen LogP contribution in [0.3, 0.4) is 0 Å². The van der Waals surface area contributed by atoms with E-state index in [0.29, 0.717) is 36.7 Å². The van der Waals surface area contributed by atoms with E-state index in [-0.39, 0.29) is 12.5 Å². The summed E-state index contributed by atoms with van der Waals surface area (Å²) in [6.07, 6.45) is 0.743. The van der Waals surface area contributed by atoms with E-state index in [9.17, 15) is 4.79 Å². The van der Waals surface area contributed by atoms with E-state index in [1.165, 1.54) is 7.11 Å². The zero-order valence-corrected chi connectivity index (χ0v) is 16.6. The van der Waals surface area contributed by atoms with Gasteiger partial charge in [0.25, 0.3) is 5.91 Å². The molecule has 1 fully saturated rings. The van der Waals surface area contributed by atoms with Crippen LogP contribution < -0.4 is 0 Å². The van der Waals surface area contributed by atoms with Crippen molar-refractivity contribution < 1.29 is 19.3 Å². The van der Waals surface area contributed by atoms with Crippen LogP contribution in [0.5, 0.6) is 0 Å². The van der Waals surface area contributed by atoms with Crippen LogP contribution in [0.2, 0.25) is 0 Å². The second-order valence-electron chi connectivity index (χ2n) is 6.96. The first-order valence-corrected chi connectivity index (χ1v) is 9.68. The second kappa shape index (κ2) is 8.87. The van der Waals surface area contributed by atoms with E-state index in [4.69, 9.17) is 14.5 Å². The zero-order valence-electron chi connectivity index (χ0n) is 16.6. The molecule has 1 amide bonds. The molecule has 8 nitrogen and oxygen atoms in total. The fourth-order valence-electron chi connectivity index (χ4n) is 3.54. The standard InChI is InChI=1S/C22H22N4O4/c1-29-24-18-13-19(21-23-20(11-12-27)25-30-21)26(14-18)22(28)17-9-7-16(8-10-17)15-5-3-2-4-6-15/h2-10,19,27H,11-14H2,1H3/b24-18-. The number of rotatable bonds is 6. The molecule has 1 aliphatic rings. The highest BCUT2D eigenvalue weighted by atomic mass is 16.6. The van der Waals surface area contributed by atoms with Crippen molar-refractivity contribution in [3.05, 3.63) is 71.9 Å². The van der Waals surface area contributed by atoms with Gasteiger partial charge in [-0.3, -0.25) is 4.79 Å². The van der Waals surface area contributed by atoms with Gasteiger partial charge in [-0.15, -0.1) is 0 Å². The summed E-state index contributed by atoms with van der Waals surface area (Å²) in [6.45, 7) is 0.242. The average Bonchev–Trinajstić information content (AvgIpc) is 3.42. The van der Waals surface area contributed by atoms with Crippen molar-refractivity contribution in [1.82, 2.24) is 15.0 Å². The van der Waals surface area contributed by atoms with E-state index in [1.54, 1.807) is 4.90 Å². The number of benzene rings is 2. The summed E-state index contributed by atoms with van der Waals surface area (Å²) in [7, 11) is 1.47. The Labute approximate surface area is 173 Å². The Hall–Kier alpha value is -3.52. The molecule has 1 unspecified atom stereocenters. The molecular weight excluding hydrogens is 384 g/mol. The number of hydrogen-bond donors (Lipinski definition) is 1. The molecule has 154 valence electrons. The number of hydrogen-bond acceptors (Lipinski definition) is 7. The lowest BCUT2D eigenvalue weighted by molar-refractivity contribution is 0.0713. The number of aliphatic hydroxyl groups is 1. The van der Waals surface area contributed by atoms with Gasteiger partial charge >= 0.3 is 0 Å². The summed E-state index contributed by atoms with van der Waals surface area (Å²) in [5.41, 5.74) is 3.41. The van der Waals surface area contributed by atoms with Gasteiger partial charge in [0.15, 0.2) is 5.82 Å². The minimum absolute atomic E-state index is 0.0730. The molecule has 1 saturated heterocycles. The summed E-state index contributed by atoms with van der Waals surface area (Å²) >= 11 is 0. The van der Waals surface area contributed by atoms with Crippen LogP contribution in [-0.2, 0) is 11.3 Å². The van der Waals surface area contributed by atoms with Crippen LogP contribution >= 0.6 is 0 Å². The quantitative estimate of drug-likeness (QED) is 0.632. The molecule has 0 radical (unpaired) electrons. The molecule has 1 N–H and O–H groups in total. The molecule has 0 spiro atoms. The molecule has 3 aromatic rings. The van der Waals surface area contributed by atoms with E-state index in [2.05, 4.69) is 15.3 Å². The molecule has 2 aromatic carbocycles. The minimum Gasteiger partial charge on any atom is -0.399 e. The molecule has 4 rings (SSSR count). The topological polar surface area (TPSA) is 101 Å². The number of oxime groups is 1. The van der Waals surface area contributed by atoms with Crippen LogP contribution in [0, 0.1) is 0 Å². The van der Waals surface area contributed by atoms with Crippen molar-refractivity contribution in [3.8, 4) is 11.1 Å². The Balaban J connectivity index is 1.59. The maximum atomic E-state index is 13.3. The van der Waals surface area contributed by atoms with Gasteiger partial charge < -0.3 is 19.4 Å². The van der Waals surface area contributed by atoms with Crippen LogP contribution in [0.4, 0.5) is 0 Å². The fourth-order valence-corrected chi connectivity index (χ4v) is 3.54. The van der Waals surface area contributed by atoms with E-state index < -0.39 is 6.04 Å². The first-order valence-electron chi connectivity index (χ1n) is 9.68. The lowest BCUT2D eigenvalue weighted by atomic mass is 10.0. The number of nitrogens with zero attached hydrogens (tertiary/aromatic N) is 4. The molecule has 1 aromatic heterocycles. The monoisotopic (exact) mass is 406 g/mol. The summed E-state index contributed by atoms with van der Waals surface area (Å²) in [5.74, 6) is 0.584. The van der Waals surface area contributed by atoms with Gasteiger partial charge in [0.1, 0.15) is 13.2 Å². The first kappa shape index (κ1) is 19.8. The van der Waals surface area contributed by atoms with Gasteiger partial charge in [0, 0.05) is 18.4 Å². The Morgan fingerprint density at radius 2 is 1.93 bits per heavy atom. The molecule has 1 aliphatic heterocycles. The maximum Gasteiger partial charge on any atom is 0.254 e. The van der Waals surface area contributed by atoms with E-state index in [0.717, 1.165) is 16.8 Å². The zero-order chi connectivity index (χ0) is 20.9. The van der Waals surface area contributed by atoms with Gasteiger partial charge in [0.2, 0.25) is 5.89 Å². The summed E-state index contributed by atoms with van der Waals surface area (Å²) in [4.78, 5) is 24.2. The molecule has 0 aliphatic carbocycles. The number of aliphatic hydroxyl groups excluding tert-OH is 1. The Morgan fingerprint density at radius 1 is 1.20 bits per heavy atom. The molecular formula is C22H22N4O4. The molecule has 30 heavy (non-hydrogen) atoms. The number of amides is 1. The van der Waals surface area contributed by atoms with Gasteiger partial charge in [-0.2, -0.15) is 4.98 Å². The number of carbonyl (C=O) groups excluding carboxylic acids is 1. The third kappa shape index (κ3) is 4.08. The molecule has 0 saturated carbocycles. The number of aromatic nitrogens is 2. The van der Waals surface area contributed by atoms with Crippen molar-refractivity contribution in [2.24, 2.45) is 5.16 Å². The summed E-state index contributed by atoms with van der Waals surface area (Å²) in [5, 5.41) is 17.0. The predicted molar refractivity (Wildman–Crippen MR) is 110 cm³/mol. The molecule has 2 heterocycles. The van der Waals surface area contributed by atoms with Crippen molar-refractivity contribution in [2.75, 3.05) is 20.3 Å². The SMILES string of the molecule is CO/N=C1/CC(c2nc(CCO)no2)N(C(=O)c2ccc(-c3ccccc3)cc2)C1. The Kier molecular flexibility index (Phi) is 5.85. The lowest BCUT2D eigenvalue weighted by Gasteiger charge is -2.21. The maximum absolute atomic E-state index is 13.3. The largest absolute Gasteiger partial charge is 0.399 e. The average molecular weight is 406 g/mol. The molecule has 0 bridgehead atoms. The van der Waals surface area contributed by atoms with E-state index in [1.807, 2.05) is 54.6 Å². The van der Waals surface area contributed by atoms with Crippen molar-refractivity contribution in [1.29, 1.82) is 0 Å². The molecule has 8 heteroatoms. The minimum atomic E-state index is -0.430. The van der Waals surface area contributed by atoms with Crippen molar-refractivity contribution in [3.63, 3.8) is 0 Å². The second-order valence-corrected chi connectivity index (χ2v) is 6.96. The van der Waals surface area contributed by atoms with Crippen LogP contribution in [-0.4, -0.2) is 52.0 Å². The third-order valence-corrected chi connectivity index (χ3v) is 4.98. The third-order valence-electron chi connectivity index (χ3n) is 4.98. The van der Waals surface area contributed by atoms with Crippen molar-refractivity contribution in [2.45, 2.75) is 18.9 Å². The summed E-state index contributed by atoms with van der Waals surface area (Å²) in [6, 6.07) is 17.1. The number of carbonyl (C=O) groups is 1. The van der Waals surface area contributed by atoms with Crippen molar-refractivity contribution >= 4 is 11.6 Å². The highest BCUT2D eigenvalue weighted by Crippen LogP contribution is 2.32. The lowest BCUT2D eigenvalue weighted by Crippen LogP contribution is -2.31. The normalized spacial score (nSPS) is 17.5. The molecule has 1 atom stereocenters. The summed E-state index contributed by atoms with van der Waals surface area (Å²) < 4.78 is 5.36. The van der Waals surface area contributed by atoms with Crippen LogP contribution in [0.15, 0.2) is 64.3 Å². The van der Waals surface area contributed by atoms with E-state index >= 15 is 0 Å². The smallest absolute Gasteiger partial charge is 0.254 e.